The fourth-order valence-electron chi connectivity index (χ4n) is 2.09. The SMILES string of the molecule is CNCCc1ccccc1C(=O)NCCC(=O)NC(C)(C)C. The van der Waals surface area contributed by atoms with E-state index < -0.39 is 0 Å². The van der Waals surface area contributed by atoms with E-state index in [1.54, 1.807) is 0 Å². The van der Waals surface area contributed by atoms with Gasteiger partial charge in [0.25, 0.3) is 5.91 Å². The third kappa shape index (κ3) is 6.72. The highest BCUT2D eigenvalue weighted by Crippen LogP contribution is 2.09. The fourth-order valence-corrected chi connectivity index (χ4v) is 2.09. The number of hydrogen-bond donors (Lipinski definition) is 3. The van der Waals surface area contributed by atoms with Gasteiger partial charge in [-0.3, -0.25) is 9.59 Å². The highest BCUT2D eigenvalue weighted by atomic mass is 16.2. The standard InChI is InChI=1S/C17H27N3O2/c1-17(2,3)20-15(21)10-12-19-16(22)14-8-6-5-7-13(14)9-11-18-4/h5-8,18H,9-12H2,1-4H3,(H,19,22)(H,20,21). The van der Waals surface area contributed by atoms with Gasteiger partial charge in [0.15, 0.2) is 0 Å². The van der Waals surface area contributed by atoms with E-state index in [0.717, 1.165) is 18.5 Å². The van der Waals surface area contributed by atoms with E-state index in [2.05, 4.69) is 16.0 Å². The van der Waals surface area contributed by atoms with Crippen molar-refractivity contribution in [3.8, 4) is 0 Å². The molecule has 2 amide bonds. The minimum absolute atomic E-state index is 0.0590. The van der Waals surface area contributed by atoms with Crippen molar-refractivity contribution in [2.45, 2.75) is 39.2 Å². The van der Waals surface area contributed by atoms with Crippen LogP contribution in [0.15, 0.2) is 24.3 Å². The van der Waals surface area contributed by atoms with Crippen molar-refractivity contribution in [2.75, 3.05) is 20.1 Å². The van der Waals surface area contributed by atoms with Gasteiger partial charge in [0, 0.05) is 24.1 Å². The Bertz CT molecular complexity index is 507. The monoisotopic (exact) mass is 305 g/mol. The molecular weight excluding hydrogens is 278 g/mol. The summed E-state index contributed by atoms with van der Waals surface area (Å²) >= 11 is 0. The van der Waals surface area contributed by atoms with Crippen LogP contribution in [0.2, 0.25) is 0 Å². The number of rotatable bonds is 7. The molecule has 5 nitrogen and oxygen atoms in total. The smallest absolute Gasteiger partial charge is 0.251 e. The molecule has 122 valence electrons. The molecule has 0 saturated carbocycles. The Morgan fingerprint density at radius 2 is 1.77 bits per heavy atom. The molecule has 0 aliphatic rings. The predicted octanol–water partition coefficient (Wildman–Crippen LogP) is 1.48. The molecule has 1 rings (SSSR count). The molecule has 0 radical (unpaired) electrons. The molecule has 1 aromatic rings. The summed E-state index contributed by atoms with van der Waals surface area (Å²) < 4.78 is 0. The summed E-state index contributed by atoms with van der Waals surface area (Å²) in [6.45, 7) is 6.95. The lowest BCUT2D eigenvalue weighted by molar-refractivity contribution is -0.122. The first-order valence-electron chi connectivity index (χ1n) is 7.65. The maximum absolute atomic E-state index is 12.2. The van der Waals surface area contributed by atoms with E-state index in [9.17, 15) is 9.59 Å². The number of hydrogen-bond acceptors (Lipinski definition) is 3. The van der Waals surface area contributed by atoms with E-state index in [4.69, 9.17) is 0 Å². The summed E-state index contributed by atoms with van der Waals surface area (Å²) in [6, 6.07) is 7.55. The van der Waals surface area contributed by atoms with Gasteiger partial charge in [-0.2, -0.15) is 0 Å². The van der Waals surface area contributed by atoms with Crippen molar-refractivity contribution in [3.05, 3.63) is 35.4 Å². The second-order valence-electron chi connectivity index (χ2n) is 6.31. The first kappa shape index (κ1) is 18.2. The van der Waals surface area contributed by atoms with Gasteiger partial charge >= 0.3 is 0 Å². The number of amides is 2. The van der Waals surface area contributed by atoms with Crippen molar-refractivity contribution in [2.24, 2.45) is 0 Å². The van der Waals surface area contributed by atoms with Crippen molar-refractivity contribution >= 4 is 11.8 Å². The molecule has 0 aromatic heterocycles. The summed E-state index contributed by atoms with van der Waals surface area (Å²) in [5, 5.41) is 8.76. The van der Waals surface area contributed by atoms with Gasteiger partial charge in [-0.15, -0.1) is 0 Å². The molecule has 0 heterocycles. The number of carbonyl (C=O) groups excluding carboxylic acids is 2. The maximum atomic E-state index is 12.2. The Balaban J connectivity index is 2.51. The molecule has 3 N–H and O–H groups in total. The first-order valence-corrected chi connectivity index (χ1v) is 7.65. The Morgan fingerprint density at radius 1 is 1.09 bits per heavy atom. The van der Waals surface area contributed by atoms with Gasteiger partial charge in [0.05, 0.1) is 0 Å². The number of nitrogens with one attached hydrogen (secondary N) is 3. The topological polar surface area (TPSA) is 70.2 Å². The van der Waals surface area contributed by atoms with E-state index in [0.29, 0.717) is 12.1 Å². The first-order chi connectivity index (χ1) is 10.3. The molecule has 0 aliphatic heterocycles. The van der Waals surface area contributed by atoms with E-state index in [-0.39, 0.29) is 23.8 Å². The van der Waals surface area contributed by atoms with Crippen LogP contribution in [0.5, 0.6) is 0 Å². The molecule has 0 bridgehead atoms. The number of carbonyl (C=O) groups is 2. The molecule has 0 fully saturated rings. The zero-order valence-corrected chi connectivity index (χ0v) is 14.0. The molecule has 22 heavy (non-hydrogen) atoms. The molecule has 0 atom stereocenters. The molecule has 0 aliphatic carbocycles. The van der Waals surface area contributed by atoms with E-state index in [1.165, 1.54) is 0 Å². The summed E-state index contributed by atoms with van der Waals surface area (Å²) in [5.74, 6) is -0.188. The molecule has 5 heteroatoms. The predicted molar refractivity (Wildman–Crippen MR) is 88.9 cm³/mol. The third-order valence-electron chi connectivity index (χ3n) is 3.06. The van der Waals surface area contributed by atoms with Crippen LogP contribution in [0.25, 0.3) is 0 Å². The van der Waals surface area contributed by atoms with Crippen LogP contribution < -0.4 is 16.0 Å². The largest absolute Gasteiger partial charge is 0.352 e. The summed E-state index contributed by atoms with van der Waals surface area (Å²) in [6.07, 6.45) is 1.08. The van der Waals surface area contributed by atoms with E-state index >= 15 is 0 Å². The molecule has 0 unspecified atom stereocenters. The van der Waals surface area contributed by atoms with Crippen LogP contribution in [-0.4, -0.2) is 37.5 Å². The Labute approximate surface area is 132 Å². The fraction of sp³-hybridized carbons (Fsp3) is 0.529. The van der Waals surface area contributed by atoms with Gasteiger partial charge in [-0.05, 0) is 52.4 Å². The van der Waals surface area contributed by atoms with Crippen molar-refractivity contribution in [3.63, 3.8) is 0 Å². The average Bonchev–Trinajstić information content (AvgIpc) is 2.43. The average molecular weight is 305 g/mol. The summed E-state index contributed by atoms with van der Waals surface area (Å²) in [7, 11) is 1.89. The van der Waals surface area contributed by atoms with Crippen LogP contribution in [0.3, 0.4) is 0 Å². The maximum Gasteiger partial charge on any atom is 0.251 e. The Hall–Kier alpha value is -1.88. The molecular formula is C17H27N3O2. The lowest BCUT2D eigenvalue weighted by Gasteiger charge is -2.20. The molecule has 1 aromatic carbocycles. The lowest BCUT2D eigenvalue weighted by Crippen LogP contribution is -2.42. The zero-order chi connectivity index (χ0) is 16.6. The number of benzene rings is 1. The van der Waals surface area contributed by atoms with Crippen molar-refractivity contribution in [1.29, 1.82) is 0 Å². The minimum Gasteiger partial charge on any atom is -0.352 e. The van der Waals surface area contributed by atoms with Crippen LogP contribution in [0.4, 0.5) is 0 Å². The van der Waals surface area contributed by atoms with Crippen molar-refractivity contribution < 1.29 is 9.59 Å². The van der Waals surface area contributed by atoms with Crippen LogP contribution in [0, 0.1) is 0 Å². The Kier molecular flexibility index (Phi) is 7.05. The van der Waals surface area contributed by atoms with Gasteiger partial charge in [0.1, 0.15) is 0 Å². The van der Waals surface area contributed by atoms with Crippen molar-refractivity contribution in [1.82, 2.24) is 16.0 Å². The summed E-state index contributed by atoms with van der Waals surface area (Å²) in [5.41, 5.74) is 1.43. The highest BCUT2D eigenvalue weighted by Gasteiger charge is 2.14. The van der Waals surface area contributed by atoms with Gasteiger partial charge in [-0.25, -0.2) is 0 Å². The van der Waals surface area contributed by atoms with Crippen LogP contribution >= 0.6 is 0 Å². The van der Waals surface area contributed by atoms with Gasteiger partial charge in [-0.1, -0.05) is 18.2 Å². The Morgan fingerprint density at radius 3 is 2.41 bits per heavy atom. The third-order valence-corrected chi connectivity index (χ3v) is 3.06. The molecule has 0 spiro atoms. The highest BCUT2D eigenvalue weighted by molar-refractivity contribution is 5.95. The van der Waals surface area contributed by atoms with E-state index in [1.807, 2.05) is 52.1 Å². The second kappa shape index (κ2) is 8.54. The quantitative estimate of drug-likeness (QED) is 0.715. The molecule has 0 saturated heterocycles. The second-order valence-corrected chi connectivity index (χ2v) is 6.31. The van der Waals surface area contributed by atoms with Gasteiger partial charge < -0.3 is 16.0 Å². The van der Waals surface area contributed by atoms with Crippen LogP contribution in [0.1, 0.15) is 43.1 Å². The van der Waals surface area contributed by atoms with Crippen LogP contribution in [-0.2, 0) is 11.2 Å². The summed E-state index contributed by atoms with van der Waals surface area (Å²) in [4.78, 5) is 23.9. The zero-order valence-electron chi connectivity index (χ0n) is 14.0. The normalized spacial score (nSPS) is 11.1. The van der Waals surface area contributed by atoms with Gasteiger partial charge in [0.2, 0.25) is 5.91 Å². The minimum atomic E-state index is -0.249. The lowest BCUT2D eigenvalue weighted by atomic mass is 10.0. The number of likely N-dealkylation sites (N-methyl/N-ethyl adjacent to an activating group) is 1.